The Hall–Kier alpha value is -2.84. The van der Waals surface area contributed by atoms with Crippen LogP contribution in [0.4, 0.5) is 10.1 Å². The Bertz CT molecular complexity index is 539. The van der Waals surface area contributed by atoms with Gasteiger partial charge in [0.15, 0.2) is 0 Å². The highest BCUT2D eigenvalue weighted by molar-refractivity contribution is 6.10. The van der Waals surface area contributed by atoms with Crippen molar-refractivity contribution in [3.05, 3.63) is 29.6 Å². The number of halogens is 1. The number of benzene rings is 1. The maximum atomic E-state index is 12.8. The minimum absolute atomic E-state index is 0.263. The summed E-state index contributed by atoms with van der Waals surface area (Å²) in [5.41, 5.74) is 2.70. The monoisotopic (exact) mass is 212 g/mol. The molecule has 0 amide bonds. The Balaban J connectivity index is 3.01. The lowest BCUT2D eigenvalue weighted by Gasteiger charge is -2.02. The molecule has 0 aliphatic heterocycles. The van der Waals surface area contributed by atoms with Crippen LogP contribution in [0.3, 0.4) is 0 Å². The van der Waals surface area contributed by atoms with E-state index in [0.29, 0.717) is 5.69 Å². The van der Waals surface area contributed by atoms with E-state index in [1.54, 1.807) is 12.1 Å². The third-order valence-electron chi connectivity index (χ3n) is 1.64. The molecule has 0 spiro atoms. The summed E-state index contributed by atoms with van der Waals surface area (Å²) in [6, 6.07) is 6.86. The number of terminal acetylenes is 1. The molecule has 1 aromatic rings. The van der Waals surface area contributed by atoms with Gasteiger partial charge >= 0.3 is 0 Å². The first-order valence-electron chi connectivity index (χ1n) is 4.11. The lowest BCUT2D eigenvalue weighted by Crippen LogP contribution is -1.98. The molecule has 0 fully saturated rings. The van der Waals surface area contributed by atoms with E-state index in [2.05, 4.69) is 16.4 Å². The fraction of sp³-hybridized carbons (Fsp3) is 0. The molecule has 0 unspecified atom stereocenters. The van der Waals surface area contributed by atoms with E-state index in [1.807, 2.05) is 0 Å². The number of hydrogen-bond acceptors (Lipinski definition) is 4. The van der Waals surface area contributed by atoms with Crippen molar-refractivity contribution in [2.24, 2.45) is 5.10 Å². The van der Waals surface area contributed by atoms with Gasteiger partial charge in [0.25, 0.3) is 0 Å². The second kappa shape index (κ2) is 5.14. The molecule has 0 saturated heterocycles. The number of nitrogens with zero attached hydrogens (tertiary/aromatic N) is 3. The second-order valence-corrected chi connectivity index (χ2v) is 2.63. The SMILES string of the molecule is C#Cc1cc(F)ccc1NN=C(C#N)C#N. The van der Waals surface area contributed by atoms with Crippen molar-refractivity contribution in [2.45, 2.75) is 0 Å². The van der Waals surface area contributed by atoms with Gasteiger partial charge in [0.05, 0.1) is 11.3 Å². The first-order chi connectivity index (χ1) is 7.71. The van der Waals surface area contributed by atoms with E-state index in [9.17, 15) is 4.39 Å². The van der Waals surface area contributed by atoms with Crippen molar-refractivity contribution in [1.82, 2.24) is 0 Å². The molecule has 0 heterocycles. The highest BCUT2D eigenvalue weighted by Crippen LogP contribution is 2.15. The average Bonchev–Trinajstić information content (AvgIpc) is 2.31. The molecule has 0 aromatic heterocycles. The maximum Gasteiger partial charge on any atom is 0.237 e. The fourth-order valence-corrected chi connectivity index (χ4v) is 0.925. The highest BCUT2D eigenvalue weighted by atomic mass is 19.1. The molecule has 5 heteroatoms. The van der Waals surface area contributed by atoms with Crippen molar-refractivity contribution in [3.63, 3.8) is 0 Å². The molecule has 0 aliphatic carbocycles. The minimum atomic E-state index is -0.469. The van der Waals surface area contributed by atoms with Crippen LogP contribution in [0.1, 0.15) is 5.56 Å². The predicted octanol–water partition coefficient (Wildman–Crippen LogP) is 1.62. The minimum Gasteiger partial charge on any atom is -0.275 e. The van der Waals surface area contributed by atoms with E-state index in [1.165, 1.54) is 12.1 Å². The van der Waals surface area contributed by atoms with Gasteiger partial charge in [-0.3, -0.25) is 5.43 Å². The number of hydrazone groups is 1. The van der Waals surface area contributed by atoms with E-state index in [0.717, 1.165) is 6.07 Å². The summed E-state index contributed by atoms with van der Waals surface area (Å²) < 4.78 is 12.8. The van der Waals surface area contributed by atoms with Gasteiger partial charge in [-0.1, -0.05) is 5.92 Å². The Morgan fingerprint density at radius 2 is 2.06 bits per heavy atom. The van der Waals surface area contributed by atoms with Crippen LogP contribution in [-0.2, 0) is 0 Å². The van der Waals surface area contributed by atoms with Gasteiger partial charge in [-0.05, 0) is 18.2 Å². The average molecular weight is 212 g/mol. The highest BCUT2D eigenvalue weighted by Gasteiger charge is 2.01. The third kappa shape index (κ3) is 2.57. The molecule has 1 rings (SSSR count). The molecule has 76 valence electrons. The zero-order chi connectivity index (χ0) is 12.0. The van der Waals surface area contributed by atoms with Crippen LogP contribution < -0.4 is 5.43 Å². The Morgan fingerprint density at radius 3 is 2.62 bits per heavy atom. The Kier molecular flexibility index (Phi) is 3.61. The third-order valence-corrected chi connectivity index (χ3v) is 1.64. The maximum absolute atomic E-state index is 12.8. The summed E-state index contributed by atoms with van der Waals surface area (Å²) in [6.07, 6.45) is 5.16. The summed E-state index contributed by atoms with van der Waals surface area (Å²) in [5, 5.41) is 20.4. The van der Waals surface area contributed by atoms with Crippen LogP contribution in [0.5, 0.6) is 0 Å². The molecule has 0 radical (unpaired) electrons. The fourth-order valence-electron chi connectivity index (χ4n) is 0.925. The van der Waals surface area contributed by atoms with Gasteiger partial charge in [0.2, 0.25) is 5.71 Å². The van der Waals surface area contributed by atoms with Crippen molar-refractivity contribution in [3.8, 4) is 24.5 Å². The standard InChI is InChI=1S/C11H5FN4/c1-2-8-5-9(12)3-4-11(8)16-15-10(6-13)7-14/h1,3-5,16H. The number of rotatable bonds is 2. The lowest BCUT2D eigenvalue weighted by molar-refractivity contribution is 0.627. The van der Waals surface area contributed by atoms with Crippen molar-refractivity contribution >= 4 is 11.4 Å². The first-order valence-corrected chi connectivity index (χ1v) is 4.11. The number of nitrogens with one attached hydrogen (secondary N) is 1. The van der Waals surface area contributed by atoms with Gasteiger partial charge in [-0.2, -0.15) is 15.6 Å². The zero-order valence-corrected chi connectivity index (χ0v) is 8.03. The number of nitriles is 2. The summed E-state index contributed by atoms with van der Waals surface area (Å²) in [7, 11) is 0. The molecule has 4 nitrogen and oxygen atoms in total. The Morgan fingerprint density at radius 1 is 1.38 bits per heavy atom. The molecule has 1 N–H and O–H groups in total. The van der Waals surface area contributed by atoms with E-state index >= 15 is 0 Å². The van der Waals surface area contributed by atoms with Crippen molar-refractivity contribution in [1.29, 1.82) is 10.5 Å². The molecule has 1 aromatic carbocycles. The molecule has 0 aliphatic rings. The summed E-state index contributed by atoms with van der Waals surface area (Å²) in [4.78, 5) is 0. The van der Waals surface area contributed by atoms with Gasteiger partial charge in [0, 0.05) is 0 Å². The normalized spacial score (nSPS) is 8.12. The zero-order valence-electron chi connectivity index (χ0n) is 8.03. The van der Waals surface area contributed by atoms with Crippen molar-refractivity contribution in [2.75, 3.05) is 5.43 Å². The molecular formula is C11H5FN4. The lowest BCUT2D eigenvalue weighted by atomic mass is 10.2. The van der Waals surface area contributed by atoms with Gasteiger partial charge in [-0.25, -0.2) is 4.39 Å². The molecule has 0 atom stereocenters. The topological polar surface area (TPSA) is 72.0 Å². The van der Waals surface area contributed by atoms with Gasteiger partial charge in [-0.15, -0.1) is 6.42 Å². The number of hydrogen-bond donors (Lipinski definition) is 1. The van der Waals surface area contributed by atoms with Crippen LogP contribution in [0, 0.1) is 40.8 Å². The van der Waals surface area contributed by atoms with Crippen LogP contribution in [0.2, 0.25) is 0 Å². The second-order valence-electron chi connectivity index (χ2n) is 2.63. The molecular weight excluding hydrogens is 207 g/mol. The summed E-state index contributed by atoms with van der Waals surface area (Å²) in [6.45, 7) is 0. The molecule has 0 bridgehead atoms. The van der Waals surface area contributed by atoms with Crippen LogP contribution in [0.15, 0.2) is 23.3 Å². The van der Waals surface area contributed by atoms with Crippen LogP contribution in [0.25, 0.3) is 0 Å². The van der Waals surface area contributed by atoms with Crippen molar-refractivity contribution < 1.29 is 4.39 Å². The predicted molar refractivity (Wildman–Crippen MR) is 56.6 cm³/mol. The quantitative estimate of drug-likeness (QED) is 0.460. The first kappa shape index (κ1) is 11.2. The number of anilines is 1. The van der Waals surface area contributed by atoms with Crippen LogP contribution in [-0.4, -0.2) is 5.71 Å². The van der Waals surface area contributed by atoms with Gasteiger partial charge in [0.1, 0.15) is 18.0 Å². The smallest absolute Gasteiger partial charge is 0.237 e. The van der Waals surface area contributed by atoms with E-state index < -0.39 is 5.82 Å². The van der Waals surface area contributed by atoms with Gasteiger partial charge < -0.3 is 0 Å². The summed E-state index contributed by atoms with van der Waals surface area (Å²) in [5.74, 6) is 1.79. The largest absolute Gasteiger partial charge is 0.275 e. The van der Waals surface area contributed by atoms with E-state index in [-0.39, 0.29) is 11.3 Å². The van der Waals surface area contributed by atoms with Crippen LogP contribution >= 0.6 is 0 Å². The Labute approximate surface area is 91.6 Å². The molecule has 0 saturated carbocycles. The summed E-state index contributed by atoms with van der Waals surface area (Å²) >= 11 is 0. The van der Waals surface area contributed by atoms with E-state index in [4.69, 9.17) is 16.9 Å². The molecule has 16 heavy (non-hydrogen) atoms.